The lowest BCUT2D eigenvalue weighted by Gasteiger charge is -2.31. The fraction of sp³-hybridized carbons (Fsp3) is 0.128. The van der Waals surface area contributed by atoms with E-state index in [1.807, 2.05) is 117 Å². The summed E-state index contributed by atoms with van der Waals surface area (Å²) >= 11 is 0. The van der Waals surface area contributed by atoms with E-state index in [1.165, 1.54) is 0 Å². The van der Waals surface area contributed by atoms with E-state index in [4.69, 9.17) is 9.05 Å². The van der Waals surface area contributed by atoms with Crippen molar-refractivity contribution in [1.29, 1.82) is 0 Å². The van der Waals surface area contributed by atoms with Gasteiger partial charge in [0, 0.05) is 28.5 Å². The van der Waals surface area contributed by atoms with Gasteiger partial charge in [-0.15, -0.1) is 0 Å². The lowest BCUT2D eigenvalue weighted by molar-refractivity contribution is -0.113. The van der Waals surface area contributed by atoms with Crippen LogP contribution in [-0.4, -0.2) is 22.1 Å². The third-order valence-corrected chi connectivity index (χ3v) is 8.09. The molecular formula is C39H35N5O4. The Balaban J connectivity index is 1.32. The van der Waals surface area contributed by atoms with Crippen LogP contribution in [0.3, 0.4) is 0 Å². The van der Waals surface area contributed by atoms with Gasteiger partial charge in [0.15, 0.2) is 11.5 Å². The molecule has 0 unspecified atom stereocenters. The van der Waals surface area contributed by atoms with Crippen molar-refractivity contribution in [1.82, 2.24) is 15.6 Å². The number of aromatic nitrogens is 2. The summed E-state index contributed by atoms with van der Waals surface area (Å²) in [7, 11) is 0. The largest absolute Gasteiger partial charge is 0.362 e. The number of amides is 2. The molecule has 240 valence electrons. The number of dihydropyridines is 1. The molecule has 0 saturated carbocycles. The van der Waals surface area contributed by atoms with Crippen molar-refractivity contribution in [3.05, 3.63) is 153 Å². The number of hydrogen-bond donors (Lipinski definition) is 3. The first kappa shape index (κ1) is 31.7. The maximum Gasteiger partial charge on any atom is 0.254 e. The van der Waals surface area contributed by atoms with Gasteiger partial charge in [0.2, 0.25) is 0 Å². The van der Waals surface area contributed by atoms with Gasteiger partial charge in [-0.05, 0) is 56.5 Å². The van der Waals surface area contributed by atoms with Gasteiger partial charge in [-0.1, -0.05) is 113 Å². The summed E-state index contributed by atoms with van der Waals surface area (Å²) in [6, 6.07) is 29.0. The van der Waals surface area contributed by atoms with Gasteiger partial charge < -0.3 is 25.0 Å². The van der Waals surface area contributed by atoms with E-state index in [2.05, 4.69) is 26.3 Å². The van der Waals surface area contributed by atoms with Crippen LogP contribution in [-0.2, 0) is 9.59 Å². The van der Waals surface area contributed by atoms with Gasteiger partial charge in [0.05, 0.1) is 0 Å². The van der Waals surface area contributed by atoms with Crippen LogP contribution in [0.4, 0.5) is 11.4 Å². The molecule has 0 radical (unpaired) electrons. The molecule has 3 heterocycles. The molecular weight excluding hydrogens is 602 g/mol. The van der Waals surface area contributed by atoms with E-state index in [0.29, 0.717) is 56.8 Å². The van der Waals surface area contributed by atoms with E-state index in [9.17, 15) is 9.59 Å². The zero-order valence-corrected chi connectivity index (χ0v) is 27.1. The van der Waals surface area contributed by atoms with Crippen LogP contribution in [0.5, 0.6) is 0 Å². The molecule has 3 N–H and O–H groups in total. The molecule has 3 aromatic carbocycles. The smallest absolute Gasteiger partial charge is 0.254 e. The molecule has 48 heavy (non-hydrogen) atoms. The highest BCUT2D eigenvalue weighted by Crippen LogP contribution is 2.40. The van der Waals surface area contributed by atoms with Crippen molar-refractivity contribution in [2.75, 3.05) is 10.6 Å². The Hall–Kier alpha value is -6.22. The first-order valence-corrected chi connectivity index (χ1v) is 15.5. The van der Waals surface area contributed by atoms with Crippen LogP contribution in [0, 0.1) is 13.8 Å². The van der Waals surface area contributed by atoms with Gasteiger partial charge >= 0.3 is 0 Å². The number of aryl methyl sites for hydroxylation is 2. The summed E-state index contributed by atoms with van der Waals surface area (Å²) in [5.74, 6) is -0.655. The minimum Gasteiger partial charge on any atom is -0.362 e. The molecule has 0 fully saturated rings. The highest BCUT2D eigenvalue weighted by molar-refractivity contribution is 6.12. The van der Waals surface area contributed by atoms with Crippen molar-refractivity contribution in [3.63, 3.8) is 0 Å². The van der Waals surface area contributed by atoms with Crippen molar-refractivity contribution in [2.45, 2.75) is 33.6 Å². The molecule has 0 saturated heterocycles. The Kier molecular flexibility index (Phi) is 9.29. The molecule has 5 aromatic rings. The van der Waals surface area contributed by atoms with E-state index in [0.717, 1.165) is 16.7 Å². The molecule has 6 rings (SSSR count). The maximum absolute atomic E-state index is 14.3. The second-order valence-corrected chi connectivity index (χ2v) is 11.5. The third kappa shape index (κ3) is 6.80. The monoisotopic (exact) mass is 637 g/mol. The van der Waals surface area contributed by atoms with Crippen molar-refractivity contribution >= 4 is 47.5 Å². The number of benzene rings is 3. The second kappa shape index (κ2) is 14.0. The lowest BCUT2D eigenvalue weighted by Crippen LogP contribution is -2.35. The number of rotatable bonds is 9. The number of nitrogens with one attached hydrogen (secondary N) is 3. The molecule has 0 bridgehead atoms. The average molecular weight is 638 g/mol. The number of anilines is 2. The standard InChI is InChI=1S/C39H35N5O4/c1-24-33(38(45)41-36-26(3)43-47-31(36)22-20-28-14-8-5-9-15-28)35(30-18-12-7-13-19-30)34(25(2)40-24)39(46)42-37-27(4)44-48-32(37)23-21-29-16-10-6-11-17-29/h5-23,35,40H,1-4H3,(H,41,45)(H,42,46)/b22-20+,23-21+. The van der Waals surface area contributed by atoms with Crippen molar-refractivity contribution in [3.8, 4) is 0 Å². The van der Waals surface area contributed by atoms with Crippen LogP contribution in [0.25, 0.3) is 24.3 Å². The zero-order valence-electron chi connectivity index (χ0n) is 27.1. The number of carbonyl (C=O) groups excluding carboxylic acids is 2. The number of nitrogens with zero attached hydrogens (tertiary/aromatic N) is 2. The number of hydrogen-bond acceptors (Lipinski definition) is 7. The Morgan fingerprint density at radius 1 is 0.604 bits per heavy atom. The van der Waals surface area contributed by atoms with Gasteiger partial charge in [0.25, 0.3) is 11.8 Å². The van der Waals surface area contributed by atoms with Gasteiger partial charge in [0.1, 0.15) is 22.8 Å². The van der Waals surface area contributed by atoms with E-state index >= 15 is 0 Å². The van der Waals surface area contributed by atoms with E-state index in [-0.39, 0.29) is 11.8 Å². The summed E-state index contributed by atoms with van der Waals surface area (Å²) in [5, 5.41) is 17.6. The minimum absolute atomic E-state index is 0.389. The lowest BCUT2D eigenvalue weighted by atomic mass is 9.79. The summed E-state index contributed by atoms with van der Waals surface area (Å²) < 4.78 is 11.1. The Bertz CT molecular complexity index is 1940. The van der Waals surface area contributed by atoms with Gasteiger partial charge in [-0.2, -0.15) is 0 Å². The van der Waals surface area contributed by atoms with Crippen LogP contribution >= 0.6 is 0 Å². The quantitative estimate of drug-likeness (QED) is 0.149. The van der Waals surface area contributed by atoms with Crippen molar-refractivity contribution < 1.29 is 18.6 Å². The van der Waals surface area contributed by atoms with Crippen LogP contribution < -0.4 is 16.0 Å². The summed E-state index contributed by atoms with van der Waals surface area (Å²) in [4.78, 5) is 28.5. The SMILES string of the molecule is CC1=C(C(=O)Nc2c(C)noc2/C=C/c2ccccc2)C(c2ccccc2)C(C(=O)Nc2c(C)noc2/C=C/c2ccccc2)=C(C)N1. The highest BCUT2D eigenvalue weighted by atomic mass is 16.5. The normalized spacial score (nSPS) is 13.8. The highest BCUT2D eigenvalue weighted by Gasteiger charge is 2.37. The Labute approximate surface area is 278 Å². The molecule has 1 aliphatic rings. The van der Waals surface area contributed by atoms with Crippen LogP contribution in [0.15, 0.2) is 123 Å². The first-order valence-electron chi connectivity index (χ1n) is 15.5. The number of allylic oxidation sites excluding steroid dienone is 2. The first-order chi connectivity index (χ1) is 23.3. The molecule has 9 nitrogen and oxygen atoms in total. The predicted octanol–water partition coefficient (Wildman–Crippen LogP) is 8.13. The fourth-order valence-corrected chi connectivity index (χ4v) is 5.71. The summed E-state index contributed by atoms with van der Waals surface area (Å²) in [5.41, 5.74) is 6.71. The molecule has 2 aromatic heterocycles. The molecule has 0 spiro atoms. The molecule has 1 aliphatic heterocycles. The van der Waals surface area contributed by atoms with E-state index < -0.39 is 5.92 Å². The van der Waals surface area contributed by atoms with Gasteiger partial charge in [-0.3, -0.25) is 9.59 Å². The van der Waals surface area contributed by atoms with Crippen molar-refractivity contribution in [2.24, 2.45) is 0 Å². The Morgan fingerprint density at radius 3 is 1.42 bits per heavy atom. The predicted molar refractivity (Wildman–Crippen MR) is 188 cm³/mol. The zero-order chi connectivity index (χ0) is 33.6. The van der Waals surface area contributed by atoms with Gasteiger partial charge in [-0.25, -0.2) is 0 Å². The topological polar surface area (TPSA) is 122 Å². The van der Waals surface area contributed by atoms with Crippen LogP contribution in [0.1, 0.15) is 59.4 Å². The summed E-state index contributed by atoms with van der Waals surface area (Å²) in [6.45, 7) is 7.19. The maximum atomic E-state index is 14.3. The fourth-order valence-electron chi connectivity index (χ4n) is 5.71. The summed E-state index contributed by atoms with van der Waals surface area (Å²) in [6.07, 6.45) is 7.32. The second-order valence-electron chi connectivity index (χ2n) is 11.5. The minimum atomic E-state index is -0.695. The molecule has 0 aliphatic carbocycles. The molecule has 0 atom stereocenters. The van der Waals surface area contributed by atoms with Crippen LogP contribution in [0.2, 0.25) is 0 Å². The Morgan fingerprint density at radius 2 is 1.00 bits per heavy atom. The molecule has 2 amide bonds. The average Bonchev–Trinajstić information content (AvgIpc) is 3.63. The third-order valence-electron chi connectivity index (χ3n) is 8.09. The molecule has 9 heteroatoms. The number of carbonyl (C=O) groups is 2. The van der Waals surface area contributed by atoms with E-state index in [1.54, 1.807) is 26.0 Å².